The first-order valence-electron chi connectivity index (χ1n) is 10.9. The smallest absolute Gasteiger partial charge is 0.248 e. The van der Waals surface area contributed by atoms with Crippen molar-refractivity contribution in [3.05, 3.63) is 28.2 Å². The highest BCUT2D eigenvalue weighted by atomic mass is 35.5. The lowest BCUT2D eigenvalue weighted by Crippen LogP contribution is -2.50. The van der Waals surface area contributed by atoms with Crippen LogP contribution in [0.4, 0.5) is 0 Å². The molecule has 0 bridgehead atoms. The monoisotopic (exact) mass is 507 g/mol. The van der Waals surface area contributed by atoms with Crippen molar-refractivity contribution in [2.45, 2.75) is 30.2 Å². The van der Waals surface area contributed by atoms with E-state index in [0.717, 1.165) is 32.5 Å². The van der Waals surface area contributed by atoms with Gasteiger partial charge in [0.15, 0.2) is 0 Å². The maximum absolute atomic E-state index is 13.2. The molecule has 8 nitrogen and oxygen atoms in total. The molecule has 180 valence electrons. The lowest BCUT2D eigenvalue weighted by atomic mass is 10.1. The molecule has 1 atom stereocenters. The van der Waals surface area contributed by atoms with Crippen LogP contribution in [0.3, 0.4) is 0 Å². The van der Waals surface area contributed by atoms with Gasteiger partial charge in [-0.15, -0.1) is 0 Å². The first-order valence-corrected chi connectivity index (χ1v) is 13.1. The summed E-state index contributed by atoms with van der Waals surface area (Å²) in [5.74, 6) is -0.0638. The van der Waals surface area contributed by atoms with Crippen molar-refractivity contribution in [2.24, 2.45) is 0 Å². The van der Waals surface area contributed by atoms with Crippen molar-refractivity contribution in [2.75, 3.05) is 66.2 Å². The van der Waals surface area contributed by atoms with Crippen molar-refractivity contribution < 1.29 is 22.7 Å². The van der Waals surface area contributed by atoms with Gasteiger partial charge in [-0.05, 0) is 31.0 Å². The highest BCUT2D eigenvalue weighted by Crippen LogP contribution is 2.30. The van der Waals surface area contributed by atoms with E-state index in [4.69, 9.17) is 32.7 Å². The number of amides is 1. The van der Waals surface area contributed by atoms with Crippen LogP contribution in [0.2, 0.25) is 10.0 Å². The van der Waals surface area contributed by atoms with E-state index < -0.39 is 10.0 Å². The number of benzene rings is 1. The summed E-state index contributed by atoms with van der Waals surface area (Å²) in [5, 5.41) is 0.507. The summed E-state index contributed by atoms with van der Waals surface area (Å²) in [4.78, 5) is 16.7. The Hall–Kier alpha value is -0.940. The summed E-state index contributed by atoms with van der Waals surface area (Å²) < 4.78 is 38.7. The minimum atomic E-state index is -3.74. The Morgan fingerprint density at radius 2 is 1.84 bits per heavy atom. The largest absolute Gasteiger partial charge is 0.383 e. The zero-order chi connectivity index (χ0) is 23.1. The second kappa shape index (κ2) is 12.0. The van der Waals surface area contributed by atoms with Crippen LogP contribution in [0, 0.1) is 0 Å². The number of piperazine rings is 1. The number of sulfonamides is 1. The SMILES string of the molecule is COCCN1CCN(C(=O)COCC2CCCCN2S(=O)(=O)c2ccc(Cl)c(Cl)c2)CC1. The number of hydrogen-bond donors (Lipinski definition) is 0. The van der Waals surface area contributed by atoms with Gasteiger partial charge in [0.1, 0.15) is 6.61 Å². The third-order valence-corrected chi connectivity index (χ3v) is 8.63. The fourth-order valence-electron chi connectivity index (χ4n) is 4.04. The van der Waals surface area contributed by atoms with Crippen LogP contribution in [0.5, 0.6) is 0 Å². The molecule has 2 saturated heterocycles. The molecule has 1 unspecified atom stereocenters. The van der Waals surface area contributed by atoms with E-state index in [1.807, 2.05) is 0 Å². The number of piperidine rings is 1. The van der Waals surface area contributed by atoms with Crippen LogP contribution in [-0.2, 0) is 24.3 Å². The molecule has 0 aromatic heterocycles. The first kappa shape index (κ1) is 25.7. The molecule has 1 aromatic rings. The van der Waals surface area contributed by atoms with Gasteiger partial charge in [-0.2, -0.15) is 4.31 Å². The second-order valence-electron chi connectivity index (χ2n) is 8.07. The molecule has 32 heavy (non-hydrogen) atoms. The highest BCUT2D eigenvalue weighted by Gasteiger charge is 2.34. The fraction of sp³-hybridized carbons (Fsp3) is 0.667. The van der Waals surface area contributed by atoms with Gasteiger partial charge in [0.05, 0.1) is 28.2 Å². The lowest BCUT2D eigenvalue weighted by Gasteiger charge is -2.36. The van der Waals surface area contributed by atoms with Gasteiger partial charge in [-0.3, -0.25) is 9.69 Å². The summed E-state index contributed by atoms with van der Waals surface area (Å²) in [5.41, 5.74) is 0. The standard InChI is InChI=1S/C21H31Cl2N3O5S/c1-30-13-12-24-8-10-25(11-9-24)21(27)16-31-15-17-4-2-3-7-26(17)32(28,29)18-5-6-19(22)20(23)14-18/h5-6,14,17H,2-4,7-13,15-16H2,1H3. The second-order valence-corrected chi connectivity index (χ2v) is 10.8. The quantitative estimate of drug-likeness (QED) is 0.510. The molecule has 1 aromatic carbocycles. The van der Waals surface area contributed by atoms with E-state index in [0.29, 0.717) is 37.7 Å². The van der Waals surface area contributed by atoms with Crippen LogP contribution >= 0.6 is 23.2 Å². The van der Waals surface area contributed by atoms with E-state index in [1.165, 1.54) is 22.5 Å². The minimum absolute atomic E-state index is 0.0464. The predicted molar refractivity (Wildman–Crippen MR) is 124 cm³/mol. The normalized spacial score (nSPS) is 21.1. The molecule has 0 radical (unpaired) electrons. The lowest BCUT2D eigenvalue weighted by molar-refractivity contribution is -0.138. The first-order chi connectivity index (χ1) is 15.3. The van der Waals surface area contributed by atoms with Crippen LogP contribution in [-0.4, -0.2) is 101 Å². The van der Waals surface area contributed by atoms with Crippen molar-refractivity contribution in [1.29, 1.82) is 0 Å². The summed E-state index contributed by atoms with van der Waals surface area (Å²) in [6.07, 6.45) is 2.38. The number of rotatable bonds is 9. The molecule has 0 N–H and O–H groups in total. The maximum atomic E-state index is 13.2. The van der Waals surface area contributed by atoms with Crippen LogP contribution in [0.1, 0.15) is 19.3 Å². The molecule has 2 aliphatic rings. The van der Waals surface area contributed by atoms with Gasteiger partial charge in [-0.25, -0.2) is 8.42 Å². The highest BCUT2D eigenvalue weighted by molar-refractivity contribution is 7.89. The van der Waals surface area contributed by atoms with Crippen LogP contribution in [0.25, 0.3) is 0 Å². The Balaban J connectivity index is 1.52. The minimum Gasteiger partial charge on any atom is -0.383 e. The van der Waals surface area contributed by atoms with Crippen molar-refractivity contribution >= 4 is 39.1 Å². The molecule has 2 heterocycles. The molecule has 0 spiro atoms. The zero-order valence-electron chi connectivity index (χ0n) is 18.3. The molecule has 0 saturated carbocycles. The van der Waals surface area contributed by atoms with Crippen molar-refractivity contribution in [3.8, 4) is 0 Å². The predicted octanol–water partition coefficient (Wildman–Crippen LogP) is 2.34. The summed E-state index contributed by atoms with van der Waals surface area (Å²) in [7, 11) is -2.06. The molecular formula is C21H31Cl2N3O5S. The van der Waals surface area contributed by atoms with Crippen LogP contribution < -0.4 is 0 Å². The van der Waals surface area contributed by atoms with Gasteiger partial charge >= 0.3 is 0 Å². The van der Waals surface area contributed by atoms with Crippen molar-refractivity contribution in [3.63, 3.8) is 0 Å². The van der Waals surface area contributed by atoms with Gasteiger partial charge in [-0.1, -0.05) is 29.6 Å². The number of halogens is 2. The molecule has 2 aliphatic heterocycles. The van der Waals surface area contributed by atoms with Crippen molar-refractivity contribution in [1.82, 2.24) is 14.1 Å². The van der Waals surface area contributed by atoms with E-state index in [-0.39, 0.29) is 35.1 Å². The molecule has 1 amide bonds. The number of nitrogens with zero attached hydrogens (tertiary/aromatic N) is 3. The van der Waals surface area contributed by atoms with Gasteiger partial charge in [0, 0.05) is 52.4 Å². The fourth-order valence-corrected chi connectivity index (χ4v) is 6.11. The number of carbonyl (C=O) groups excluding carboxylic acids is 1. The zero-order valence-corrected chi connectivity index (χ0v) is 20.7. The van der Waals surface area contributed by atoms with E-state index in [1.54, 1.807) is 12.0 Å². The third-order valence-electron chi connectivity index (χ3n) is 5.94. The Bertz CT molecular complexity index is 878. The third kappa shape index (κ3) is 6.56. The number of carbonyl (C=O) groups is 1. The molecule has 3 rings (SSSR count). The van der Waals surface area contributed by atoms with Gasteiger partial charge in [0.25, 0.3) is 0 Å². The summed E-state index contributed by atoms with van der Waals surface area (Å²) in [6, 6.07) is 4.01. The Morgan fingerprint density at radius 3 is 2.53 bits per heavy atom. The number of hydrogen-bond acceptors (Lipinski definition) is 6. The number of ether oxygens (including phenoxy) is 2. The molecule has 0 aliphatic carbocycles. The Kier molecular flexibility index (Phi) is 9.60. The molecule has 11 heteroatoms. The van der Waals surface area contributed by atoms with Gasteiger partial charge < -0.3 is 14.4 Å². The molecule has 2 fully saturated rings. The van der Waals surface area contributed by atoms with E-state index in [9.17, 15) is 13.2 Å². The Morgan fingerprint density at radius 1 is 1.09 bits per heavy atom. The Labute approximate surface area is 200 Å². The van der Waals surface area contributed by atoms with E-state index in [2.05, 4.69) is 4.90 Å². The van der Waals surface area contributed by atoms with E-state index >= 15 is 0 Å². The maximum Gasteiger partial charge on any atom is 0.248 e. The molecular weight excluding hydrogens is 477 g/mol. The average molecular weight is 508 g/mol. The average Bonchev–Trinajstić information content (AvgIpc) is 2.80. The topological polar surface area (TPSA) is 79.4 Å². The summed E-state index contributed by atoms with van der Waals surface area (Å²) >= 11 is 12.0. The number of methoxy groups -OCH3 is 1. The van der Waals surface area contributed by atoms with Crippen LogP contribution in [0.15, 0.2) is 23.1 Å². The summed E-state index contributed by atoms with van der Waals surface area (Å²) in [6.45, 7) is 5.03. The van der Waals surface area contributed by atoms with Gasteiger partial charge in [0.2, 0.25) is 15.9 Å².